The molecule has 2 atom stereocenters. The number of likely N-dealkylation sites (tertiary alicyclic amines) is 1. The Kier molecular flexibility index (Phi) is 8.55. The van der Waals surface area contributed by atoms with Crippen LogP contribution in [0.5, 0.6) is 0 Å². The molecule has 0 aromatic carbocycles. The van der Waals surface area contributed by atoms with Crippen LogP contribution in [0.15, 0.2) is 24.4 Å². The lowest BCUT2D eigenvalue weighted by Crippen LogP contribution is -2.51. The van der Waals surface area contributed by atoms with Crippen molar-refractivity contribution in [3.8, 4) is 0 Å². The Hall–Kier alpha value is -3.01. The van der Waals surface area contributed by atoms with Gasteiger partial charge in [-0.1, -0.05) is 31.7 Å². The maximum Gasteiger partial charge on any atom is 0.271 e. The number of rotatable bonds is 10. The molecule has 1 aliphatic heterocycles. The van der Waals surface area contributed by atoms with E-state index in [1.807, 2.05) is 0 Å². The highest BCUT2D eigenvalue weighted by Crippen LogP contribution is 2.32. The van der Waals surface area contributed by atoms with E-state index < -0.39 is 17.9 Å². The molecule has 1 aromatic heterocycles. The second-order valence-corrected chi connectivity index (χ2v) is 8.44. The van der Waals surface area contributed by atoms with E-state index in [1.165, 1.54) is 6.20 Å². The molecule has 3 N–H and O–H groups in total. The van der Waals surface area contributed by atoms with E-state index in [9.17, 15) is 24.4 Å². The fourth-order valence-electron chi connectivity index (χ4n) is 4.63. The standard InChI is InChI=1S/C22H31N5O5/c28-15-26(32)13-17(12-16-6-1-2-7-16)22(31)27-11-5-9-19(27)21(30)25-14-24-20(29)18-8-3-4-10-23-18/h3-4,8,10,15-17,19,32H,1-2,5-7,9,11-14H2,(H,24,29)(H,25,30)/t17-,19+/m1/s1. The van der Waals surface area contributed by atoms with E-state index in [1.54, 1.807) is 23.1 Å². The number of carbonyl (C=O) groups excluding carboxylic acids is 4. The Labute approximate surface area is 187 Å². The highest BCUT2D eigenvalue weighted by Gasteiger charge is 2.38. The van der Waals surface area contributed by atoms with Crippen molar-refractivity contribution in [2.75, 3.05) is 19.8 Å². The van der Waals surface area contributed by atoms with Crippen molar-refractivity contribution >= 4 is 24.1 Å². The first-order chi connectivity index (χ1) is 15.5. The van der Waals surface area contributed by atoms with Crippen LogP contribution in [-0.2, 0) is 14.4 Å². The Morgan fingerprint density at radius 3 is 2.66 bits per heavy atom. The van der Waals surface area contributed by atoms with E-state index in [0.29, 0.717) is 43.2 Å². The monoisotopic (exact) mass is 445 g/mol. The lowest BCUT2D eigenvalue weighted by Gasteiger charge is -2.30. The summed E-state index contributed by atoms with van der Waals surface area (Å²) in [6, 6.07) is 4.34. The van der Waals surface area contributed by atoms with Crippen molar-refractivity contribution in [3.05, 3.63) is 30.1 Å². The summed E-state index contributed by atoms with van der Waals surface area (Å²) in [5, 5.41) is 15.5. The molecule has 1 saturated heterocycles. The zero-order chi connectivity index (χ0) is 22.9. The van der Waals surface area contributed by atoms with Crippen LogP contribution in [0.2, 0.25) is 0 Å². The van der Waals surface area contributed by atoms with E-state index >= 15 is 0 Å². The maximum atomic E-state index is 13.3. The molecule has 0 unspecified atom stereocenters. The molecule has 0 spiro atoms. The van der Waals surface area contributed by atoms with Crippen LogP contribution in [0.1, 0.15) is 55.4 Å². The summed E-state index contributed by atoms with van der Waals surface area (Å²) in [6.45, 7) is 0.294. The van der Waals surface area contributed by atoms with Gasteiger partial charge in [-0.3, -0.25) is 29.4 Å². The van der Waals surface area contributed by atoms with Crippen LogP contribution in [0, 0.1) is 11.8 Å². The Morgan fingerprint density at radius 2 is 1.97 bits per heavy atom. The van der Waals surface area contributed by atoms with Gasteiger partial charge in [-0.2, -0.15) is 0 Å². The minimum Gasteiger partial charge on any atom is -0.337 e. The molecule has 2 aliphatic rings. The van der Waals surface area contributed by atoms with Gasteiger partial charge in [0.05, 0.1) is 19.1 Å². The molecule has 2 fully saturated rings. The van der Waals surface area contributed by atoms with E-state index in [2.05, 4.69) is 15.6 Å². The summed E-state index contributed by atoms with van der Waals surface area (Å²) in [4.78, 5) is 54.5. The van der Waals surface area contributed by atoms with Crippen LogP contribution < -0.4 is 10.6 Å². The number of nitrogens with one attached hydrogen (secondary N) is 2. The van der Waals surface area contributed by atoms with Crippen LogP contribution in [0.3, 0.4) is 0 Å². The molecule has 0 radical (unpaired) electrons. The molecule has 1 saturated carbocycles. The van der Waals surface area contributed by atoms with Crippen LogP contribution in [0.4, 0.5) is 0 Å². The van der Waals surface area contributed by atoms with Gasteiger partial charge in [0.25, 0.3) is 5.91 Å². The molecular formula is C22H31N5O5. The minimum absolute atomic E-state index is 0.0756. The van der Waals surface area contributed by atoms with Gasteiger partial charge in [0.1, 0.15) is 11.7 Å². The summed E-state index contributed by atoms with van der Waals surface area (Å²) in [6.07, 6.45) is 7.95. The molecule has 3 rings (SSSR count). The first-order valence-corrected chi connectivity index (χ1v) is 11.2. The fraction of sp³-hybridized carbons (Fsp3) is 0.591. The number of hydrogen-bond acceptors (Lipinski definition) is 6. The summed E-state index contributed by atoms with van der Waals surface area (Å²) in [7, 11) is 0. The third-order valence-electron chi connectivity index (χ3n) is 6.22. The molecule has 174 valence electrons. The molecule has 10 heteroatoms. The Bertz CT molecular complexity index is 799. The highest BCUT2D eigenvalue weighted by molar-refractivity contribution is 5.93. The van der Waals surface area contributed by atoms with Crippen molar-refractivity contribution in [2.45, 2.75) is 51.0 Å². The van der Waals surface area contributed by atoms with Crippen molar-refractivity contribution in [2.24, 2.45) is 11.8 Å². The summed E-state index contributed by atoms with van der Waals surface area (Å²) in [5.74, 6) is -1.12. The normalized spacial score (nSPS) is 19.4. The van der Waals surface area contributed by atoms with Gasteiger partial charge in [-0.15, -0.1) is 0 Å². The highest BCUT2D eigenvalue weighted by atomic mass is 16.5. The van der Waals surface area contributed by atoms with Gasteiger partial charge in [0.15, 0.2) is 0 Å². The molecule has 32 heavy (non-hydrogen) atoms. The largest absolute Gasteiger partial charge is 0.337 e. The summed E-state index contributed by atoms with van der Waals surface area (Å²) >= 11 is 0. The smallest absolute Gasteiger partial charge is 0.271 e. The SMILES string of the molecule is O=CN(O)C[C@@H](CC1CCCC1)C(=O)N1CCC[C@H]1C(=O)NCNC(=O)c1ccccn1. The van der Waals surface area contributed by atoms with Crippen molar-refractivity contribution in [1.29, 1.82) is 0 Å². The summed E-state index contributed by atoms with van der Waals surface area (Å²) < 4.78 is 0. The molecular weight excluding hydrogens is 414 g/mol. The van der Waals surface area contributed by atoms with Gasteiger partial charge in [0.2, 0.25) is 18.2 Å². The van der Waals surface area contributed by atoms with E-state index in [0.717, 1.165) is 25.7 Å². The van der Waals surface area contributed by atoms with Crippen LogP contribution in [0.25, 0.3) is 0 Å². The van der Waals surface area contributed by atoms with Gasteiger partial charge in [-0.05, 0) is 37.3 Å². The number of hydroxylamine groups is 2. The topological polar surface area (TPSA) is 132 Å². The zero-order valence-corrected chi connectivity index (χ0v) is 18.1. The minimum atomic E-state index is -0.635. The number of carbonyl (C=O) groups is 4. The molecule has 0 bridgehead atoms. The Morgan fingerprint density at radius 1 is 1.19 bits per heavy atom. The van der Waals surface area contributed by atoms with Crippen LogP contribution >= 0.6 is 0 Å². The lowest BCUT2D eigenvalue weighted by atomic mass is 9.91. The maximum absolute atomic E-state index is 13.3. The quantitative estimate of drug-likeness (QED) is 0.212. The van der Waals surface area contributed by atoms with E-state index in [-0.39, 0.29) is 30.7 Å². The molecule has 2 heterocycles. The third kappa shape index (κ3) is 6.25. The average Bonchev–Trinajstić information content (AvgIpc) is 3.50. The van der Waals surface area contributed by atoms with Gasteiger partial charge >= 0.3 is 0 Å². The first kappa shape index (κ1) is 23.6. The molecule has 4 amide bonds. The van der Waals surface area contributed by atoms with Crippen molar-refractivity contribution in [3.63, 3.8) is 0 Å². The van der Waals surface area contributed by atoms with E-state index in [4.69, 9.17) is 0 Å². The second-order valence-electron chi connectivity index (χ2n) is 8.44. The van der Waals surface area contributed by atoms with Gasteiger partial charge < -0.3 is 15.5 Å². The van der Waals surface area contributed by atoms with Crippen LogP contribution in [-0.4, -0.2) is 70.1 Å². The van der Waals surface area contributed by atoms with Crippen molar-refractivity contribution in [1.82, 2.24) is 25.6 Å². The zero-order valence-electron chi connectivity index (χ0n) is 18.1. The van der Waals surface area contributed by atoms with Crippen molar-refractivity contribution < 1.29 is 24.4 Å². The molecule has 1 aromatic rings. The predicted molar refractivity (Wildman–Crippen MR) is 114 cm³/mol. The summed E-state index contributed by atoms with van der Waals surface area (Å²) in [5.41, 5.74) is 0.248. The second kappa shape index (κ2) is 11.6. The fourth-order valence-corrected chi connectivity index (χ4v) is 4.63. The average molecular weight is 446 g/mol. The number of hydrogen-bond donors (Lipinski definition) is 3. The first-order valence-electron chi connectivity index (χ1n) is 11.2. The molecule has 1 aliphatic carbocycles. The van der Waals surface area contributed by atoms with Gasteiger partial charge in [-0.25, -0.2) is 5.06 Å². The van der Waals surface area contributed by atoms with Gasteiger partial charge in [0, 0.05) is 12.7 Å². The third-order valence-corrected chi connectivity index (χ3v) is 6.22. The number of nitrogens with zero attached hydrogens (tertiary/aromatic N) is 3. The number of pyridine rings is 1. The number of amides is 4. The molecule has 10 nitrogen and oxygen atoms in total. The lowest BCUT2D eigenvalue weighted by molar-refractivity contribution is -0.158. The predicted octanol–water partition coefficient (Wildman–Crippen LogP) is 0.920. The number of aromatic nitrogens is 1. The Balaban J connectivity index is 1.56.